The average Bonchev–Trinajstić information content (AvgIpc) is 2.52. The summed E-state index contributed by atoms with van der Waals surface area (Å²) in [7, 11) is 0. The van der Waals surface area contributed by atoms with E-state index in [0.717, 1.165) is 12.2 Å². The molecule has 0 radical (unpaired) electrons. The zero-order valence-corrected chi connectivity index (χ0v) is 12.3. The van der Waals surface area contributed by atoms with Crippen LogP contribution in [-0.2, 0) is 4.79 Å². The second-order valence-electron chi connectivity index (χ2n) is 5.47. The highest BCUT2D eigenvalue weighted by atomic mass is 16.1. The monoisotopic (exact) mass is 275 g/mol. The summed E-state index contributed by atoms with van der Waals surface area (Å²) in [5.41, 5.74) is 0.978. The molecule has 0 aliphatic carbocycles. The number of hydrogen-bond acceptors (Lipinski definition) is 3. The van der Waals surface area contributed by atoms with E-state index in [1.807, 2.05) is 30.3 Å². The van der Waals surface area contributed by atoms with E-state index in [1.54, 1.807) is 0 Å². The maximum absolute atomic E-state index is 11.8. The van der Waals surface area contributed by atoms with Crippen molar-refractivity contribution in [3.8, 4) is 0 Å². The molecule has 20 heavy (non-hydrogen) atoms. The molecule has 1 saturated heterocycles. The minimum absolute atomic E-state index is 0.0534. The maximum atomic E-state index is 11.8. The molecule has 0 saturated carbocycles. The highest BCUT2D eigenvalue weighted by Gasteiger charge is 2.16. The summed E-state index contributed by atoms with van der Waals surface area (Å²) >= 11 is 0. The Morgan fingerprint density at radius 1 is 1.20 bits per heavy atom. The number of nitrogens with zero attached hydrogens (tertiary/aromatic N) is 1. The molecule has 4 heteroatoms. The predicted molar refractivity (Wildman–Crippen MR) is 82.8 cm³/mol. The SMILES string of the molecule is CC(CNC(=O)CNc1ccccc1)N1CCCCC1. The van der Waals surface area contributed by atoms with Crippen LogP contribution >= 0.6 is 0 Å². The smallest absolute Gasteiger partial charge is 0.239 e. The highest BCUT2D eigenvalue weighted by Crippen LogP contribution is 2.11. The van der Waals surface area contributed by atoms with E-state index in [-0.39, 0.29) is 5.91 Å². The van der Waals surface area contributed by atoms with Crippen molar-refractivity contribution >= 4 is 11.6 Å². The summed E-state index contributed by atoms with van der Waals surface area (Å²) < 4.78 is 0. The van der Waals surface area contributed by atoms with Crippen LogP contribution in [0, 0.1) is 0 Å². The van der Waals surface area contributed by atoms with Crippen LogP contribution in [0.5, 0.6) is 0 Å². The lowest BCUT2D eigenvalue weighted by Gasteiger charge is -2.32. The summed E-state index contributed by atoms with van der Waals surface area (Å²) in [5, 5.41) is 6.13. The number of hydrogen-bond donors (Lipinski definition) is 2. The van der Waals surface area contributed by atoms with Crippen molar-refractivity contribution in [1.29, 1.82) is 0 Å². The number of nitrogens with one attached hydrogen (secondary N) is 2. The molecule has 1 atom stereocenters. The Morgan fingerprint density at radius 2 is 1.90 bits per heavy atom. The van der Waals surface area contributed by atoms with Gasteiger partial charge in [-0.15, -0.1) is 0 Å². The van der Waals surface area contributed by atoms with Gasteiger partial charge in [-0.05, 0) is 45.0 Å². The van der Waals surface area contributed by atoms with E-state index in [1.165, 1.54) is 32.4 Å². The zero-order valence-electron chi connectivity index (χ0n) is 12.3. The van der Waals surface area contributed by atoms with Crippen LogP contribution in [-0.4, -0.2) is 43.0 Å². The molecule has 0 aromatic heterocycles. The minimum Gasteiger partial charge on any atom is -0.376 e. The second-order valence-corrected chi connectivity index (χ2v) is 5.47. The molecule has 1 heterocycles. The van der Waals surface area contributed by atoms with Crippen LogP contribution in [0.15, 0.2) is 30.3 Å². The van der Waals surface area contributed by atoms with Gasteiger partial charge < -0.3 is 10.6 Å². The molecular formula is C16H25N3O. The van der Waals surface area contributed by atoms with Gasteiger partial charge in [-0.3, -0.25) is 9.69 Å². The quantitative estimate of drug-likeness (QED) is 0.835. The van der Waals surface area contributed by atoms with Gasteiger partial charge in [0.15, 0.2) is 0 Å². The van der Waals surface area contributed by atoms with Crippen molar-refractivity contribution in [2.75, 3.05) is 31.5 Å². The Balaban J connectivity index is 1.64. The van der Waals surface area contributed by atoms with Crippen LogP contribution < -0.4 is 10.6 Å². The molecule has 1 aromatic rings. The minimum atomic E-state index is 0.0534. The molecule has 1 aromatic carbocycles. The van der Waals surface area contributed by atoms with Crippen molar-refractivity contribution in [3.63, 3.8) is 0 Å². The summed E-state index contributed by atoms with van der Waals surface area (Å²) in [6.45, 7) is 5.58. The Morgan fingerprint density at radius 3 is 2.60 bits per heavy atom. The largest absolute Gasteiger partial charge is 0.376 e. The lowest BCUT2D eigenvalue weighted by molar-refractivity contribution is -0.119. The number of anilines is 1. The summed E-state index contributed by atoms with van der Waals surface area (Å²) in [6, 6.07) is 10.2. The first-order chi connectivity index (χ1) is 9.75. The Bertz CT molecular complexity index is 401. The molecule has 1 amide bonds. The van der Waals surface area contributed by atoms with Crippen LogP contribution in [0.3, 0.4) is 0 Å². The van der Waals surface area contributed by atoms with E-state index in [2.05, 4.69) is 22.5 Å². The third kappa shape index (κ3) is 4.85. The Hall–Kier alpha value is -1.55. The van der Waals surface area contributed by atoms with Gasteiger partial charge in [0.25, 0.3) is 0 Å². The molecule has 1 unspecified atom stereocenters. The van der Waals surface area contributed by atoms with Gasteiger partial charge in [0, 0.05) is 18.3 Å². The number of amides is 1. The first-order valence-corrected chi connectivity index (χ1v) is 7.55. The summed E-state index contributed by atoms with van der Waals surface area (Å²) in [5.74, 6) is 0.0534. The fourth-order valence-electron chi connectivity index (χ4n) is 2.55. The van der Waals surface area contributed by atoms with Crippen LogP contribution in [0.4, 0.5) is 5.69 Å². The number of piperidine rings is 1. The highest BCUT2D eigenvalue weighted by molar-refractivity contribution is 5.80. The zero-order chi connectivity index (χ0) is 14.2. The van der Waals surface area contributed by atoms with E-state index in [9.17, 15) is 4.79 Å². The predicted octanol–water partition coefficient (Wildman–Crippen LogP) is 2.09. The van der Waals surface area contributed by atoms with Gasteiger partial charge in [0.2, 0.25) is 5.91 Å². The lowest BCUT2D eigenvalue weighted by Crippen LogP contribution is -2.45. The van der Waals surface area contributed by atoms with Gasteiger partial charge in [-0.1, -0.05) is 24.6 Å². The number of benzene rings is 1. The van der Waals surface area contributed by atoms with E-state index in [4.69, 9.17) is 0 Å². The van der Waals surface area contributed by atoms with Crippen molar-refractivity contribution in [2.45, 2.75) is 32.2 Å². The van der Waals surface area contributed by atoms with Crippen LogP contribution in [0.25, 0.3) is 0 Å². The molecule has 1 aliphatic rings. The normalized spacial score (nSPS) is 17.4. The molecule has 0 spiro atoms. The van der Waals surface area contributed by atoms with Crippen LogP contribution in [0.2, 0.25) is 0 Å². The first-order valence-electron chi connectivity index (χ1n) is 7.55. The van der Waals surface area contributed by atoms with Crippen molar-refractivity contribution in [2.24, 2.45) is 0 Å². The Kier molecular flexibility index (Phi) is 5.87. The number of carbonyl (C=O) groups excluding carboxylic acids is 1. The topological polar surface area (TPSA) is 44.4 Å². The third-order valence-electron chi connectivity index (χ3n) is 3.84. The van der Waals surface area contributed by atoms with E-state index in [0.29, 0.717) is 12.6 Å². The molecule has 1 fully saturated rings. The van der Waals surface area contributed by atoms with Gasteiger partial charge >= 0.3 is 0 Å². The number of rotatable bonds is 6. The molecule has 2 rings (SSSR count). The molecule has 110 valence electrons. The Labute approximate surface area is 121 Å². The molecule has 0 bridgehead atoms. The van der Waals surface area contributed by atoms with Gasteiger partial charge in [0.1, 0.15) is 0 Å². The van der Waals surface area contributed by atoms with Crippen LogP contribution in [0.1, 0.15) is 26.2 Å². The summed E-state index contributed by atoms with van der Waals surface area (Å²) in [6.07, 6.45) is 3.91. The second kappa shape index (κ2) is 7.90. The number of carbonyl (C=O) groups is 1. The molecule has 1 aliphatic heterocycles. The first kappa shape index (κ1) is 14.9. The van der Waals surface area contributed by atoms with E-state index < -0.39 is 0 Å². The fourth-order valence-corrected chi connectivity index (χ4v) is 2.55. The standard InChI is InChI=1S/C16H25N3O/c1-14(19-10-6-3-7-11-19)12-18-16(20)13-17-15-8-4-2-5-9-15/h2,4-5,8-9,14,17H,3,6-7,10-13H2,1H3,(H,18,20). The van der Waals surface area contributed by atoms with Crippen molar-refractivity contribution < 1.29 is 4.79 Å². The fraction of sp³-hybridized carbons (Fsp3) is 0.562. The molecule has 4 nitrogen and oxygen atoms in total. The van der Waals surface area contributed by atoms with Gasteiger partial charge in [0.05, 0.1) is 6.54 Å². The maximum Gasteiger partial charge on any atom is 0.239 e. The van der Waals surface area contributed by atoms with E-state index >= 15 is 0 Å². The number of likely N-dealkylation sites (tertiary alicyclic amines) is 1. The molecule has 2 N–H and O–H groups in total. The van der Waals surface area contributed by atoms with Gasteiger partial charge in [-0.25, -0.2) is 0 Å². The average molecular weight is 275 g/mol. The lowest BCUT2D eigenvalue weighted by atomic mass is 10.1. The van der Waals surface area contributed by atoms with Crippen molar-refractivity contribution in [3.05, 3.63) is 30.3 Å². The number of para-hydroxylation sites is 1. The molecular weight excluding hydrogens is 250 g/mol. The van der Waals surface area contributed by atoms with Crippen molar-refractivity contribution in [1.82, 2.24) is 10.2 Å². The van der Waals surface area contributed by atoms with Gasteiger partial charge in [-0.2, -0.15) is 0 Å². The third-order valence-corrected chi connectivity index (χ3v) is 3.84. The summed E-state index contributed by atoms with van der Waals surface area (Å²) in [4.78, 5) is 14.3.